The van der Waals surface area contributed by atoms with E-state index in [9.17, 15) is 0 Å². The molecular weight excluding hydrogens is 727 g/mol. The number of anilines is 2. The Morgan fingerprint density at radius 2 is 1.29 bits per heavy atom. The lowest BCUT2D eigenvalue weighted by atomic mass is 9.83. The van der Waals surface area contributed by atoms with Gasteiger partial charge in [0, 0.05) is 65.8 Å². The third kappa shape index (κ3) is 3.95. The number of benzene rings is 6. The van der Waals surface area contributed by atoms with Crippen LogP contribution in [-0.4, -0.2) is 25.1 Å². The van der Waals surface area contributed by atoms with Crippen molar-refractivity contribution < 1.29 is 0 Å². The smallest absolute Gasteiger partial charge is 0.237 e. The lowest BCUT2D eigenvalue weighted by Gasteiger charge is -2.25. The number of hydrogen-bond acceptors (Lipinski definition) is 4. The molecule has 6 heteroatoms. The van der Waals surface area contributed by atoms with Gasteiger partial charge < -0.3 is 4.90 Å². The molecule has 6 heterocycles. The van der Waals surface area contributed by atoms with Gasteiger partial charge in [0.05, 0.1) is 27.8 Å². The van der Waals surface area contributed by atoms with Gasteiger partial charge in [0.1, 0.15) is 4.83 Å². The number of allylic oxidation sites excluding steroid dienone is 1. The van der Waals surface area contributed by atoms with E-state index in [2.05, 4.69) is 178 Å². The minimum absolute atomic E-state index is 0.153. The molecule has 4 aromatic heterocycles. The van der Waals surface area contributed by atoms with Gasteiger partial charge in [-0.1, -0.05) is 127 Å². The maximum absolute atomic E-state index is 5.83. The molecule has 2 aliphatic carbocycles. The molecule has 0 amide bonds. The second-order valence-corrected chi connectivity index (χ2v) is 17.0. The van der Waals surface area contributed by atoms with Gasteiger partial charge in [0.2, 0.25) is 5.95 Å². The van der Waals surface area contributed by atoms with E-state index in [4.69, 9.17) is 9.97 Å². The van der Waals surface area contributed by atoms with E-state index in [1.165, 1.54) is 81.9 Å². The molecule has 0 fully saturated rings. The molecule has 10 aromatic rings. The van der Waals surface area contributed by atoms with Crippen LogP contribution >= 0.6 is 11.3 Å². The van der Waals surface area contributed by atoms with Crippen LogP contribution in [0, 0.1) is 0 Å². The highest BCUT2D eigenvalue weighted by molar-refractivity contribution is 7.25. The summed E-state index contributed by atoms with van der Waals surface area (Å²) in [5, 5.41) is 7.26. The van der Waals surface area contributed by atoms with Gasteiger partial charge in [-0.2, -0.15) is 4.98 Å². The predicted octanol–water partition coefficient (Wildman–Crippen LogP) is 10.8. The number of thiophene rings is 1. The fourth-order valence-electron chi connectivity index (χ4n) is 10.9. The summed E-state index contributed by atoms with van der Waals surface area (Å²) >= 11 is 1.77. The summed E-state index contributed by atoms with van der Waals surface area (Å²) in [7, 11) is 0. The molecule has 6 aromatic carbocycles. The van der Waals surface area contributed by atoms with E-state index in [1.807, 2.05) is 0 Å². The predicted molar refractivity (Wildman–Crippen MR) is 239 cm³/mol. The quantitative estimate of drug-likeness (QED) is 0.180. The van der Waals surface area contributed by atoms with Crippen LogP contribution in [0.15, 0.2) is 152 Å². The zero-order chi connectivity index (χ0) is 37.6. The van der Waals surface area contributed by atoms with Crippen molar-refractivity contribution in [1.29, 1.82) is 0 Å². The van der Waals surface area contributed by atoms with Crippen molar-refractivity contribution in [3.05, 3.63) is 190 Å². The van der Waals surface area contributed by atoms with Gasteiger partial charge >= 0.3 is 0 Å². The Morgan fingerprint density at radius 1 is 0.603 bits per heavy atom. The van der Waals surface area contributed by atoms with Crippen molar-refractivity contribution in [1.82, 2.24) is 19.1 Å². The molecule has 0 saturated heterocycles. The van der Waals surface area contributed by atoms with Gasteiger partial charge in [0.15, 0.2) is 5.82 Å². The minimum atomic E-state index is 0.153. The van der Waals surface area contributed by atoms with Crippen LogP contribution in [0.25, 0.3) is 77.2 Å². The zero-order valence-electron chi connectivity index (χ0n) is 31.3. The number of para-hydroxylation sites is 4. The summed E-state index contributed by atoms with van der Waals surface area (Å²) in [4.78, 5) is 15.1. The highest BCUT2D eigenvalue weighted by Crippen LogP contribution is 2.56. The summed E-state index contributed by atoms with van der Waals surface area (Å²) in [6, 6.07) is 55.4. The van der Waals surface area contributed by atoms with Crippen molar-refractivity contribution in [3.63, 3.8) is 0 Å². The highest BCUT2D eigenvalue weighted by Gasteiger charge is 2.48. The molecule has 2 aliphatic heterocycles. The number of rotatable bonds is 3. The normalized spacial score (nSPS) is 17.3. The summed E-state index contributed by atoms with van der Waals surface area (Å²) < 4.78 is 6.09. The first-order valence-electron chi connectivity index (χ1n) is 20.2. The average molecular weight is 760 g/mol. The van der Waals surface area contributed by atoms with Gasteiger partial charge in [-0.05, 0) is 65.9 Å². The topological polar surface area (TPSA) is 38.9 Å². The van der Waals surface area contributed by atoms with Crippen LogP contribution in [0.2, 0.25) is 0 Å². The van der Waals surface area contributed by atoms with Crippen LogP contribution in [-0.2, 0) is 6.42 Å². The van der Waals surface area contributed by atoms with E-state index in [0.29, 0.717) is 0 Å². The first kappa shape index (κ1) is 31.1. The van der Waals surface area contributed by atoms with Crippen LogP contribution < -0.4 is 15.5 Å². The van der Waals surface area contributed by atoms with Crippen LogP contribution in [0.1, 0.15) is 40.3 Å². The van der Waals surface area contributed by atoms with Crippen LogP contribution in [0.5, 0.6) is 0 Å². The first-order valence-corrected chi connectivity index (χ1v) is 21.0. The summed E-state index contributed by atoms with van der Waals surface area (Å²) in [5.41, 5.74) is 14.2. The molecular formula is C52H33N5S. The third-order valence-electron chi connectivity index (χ3n) is 13.2. The Labute approximate surface area is 337 Å². The Bertz CT molecular complexity index is 3550. The second kappa shape index (κ2) is 11.3. The fourth-order valence-corrected chi connectivity index (χ4v) is 11.9. The molecule has 2 unspecified atom stereocenters. The van der Waals surface area contributed by atoms with Crippen LogP contribution in [0.3, 0.4) is 0 Å². The SMILES string of the molecule is C1=C(c2ccccc2)CCc2c1c1c(n2-c2nc(-n3c4ccccc4c4ccccc43)c3c(n2)sc2ccccc23)=C2c3ccccc3N3c4ccccc4C(C=1)C23. The van der Waals surface area contributed by atoms with Crippen molar-refractivity contribution >= 4 is 88.1 Å². The zero-order valence-corrected chi connectivity index (χ0v) is 32.1. The Morgan fingerprint density at radius 3 is 2.12 bits per heavy atom. The average Bonchev–Trinajstić information content (AvgIpc) is 4.08. The van der Waals surface area contributed by atoms with E-state index >= 15 is 0 Å². The summed E-state index contributed by atoms with van der Waals surface area (Å²) in [5.74, 6) is 1.88. The molecule has 0 N–H and O–H groups in total. The Hall–Kier alpha value is -7.02. The number of nitrogens with zero attached hydrogens (tertiary/aromatic N) is 5. The maximum atomic E-state index is 5.83. The lowest BCUT2D eigenvalue weighted by molar-refractivity contribution is 0.778. The molecule has 4 aliphatic rings. The monoisotopic (exact) mass is 759 g/mol. The fraction of sp³-hybridized carbons (Fsp3) is 0.0769. The van der Waals surface area contributed by atoms with Crippen molar-refractivity contribution in [2.45, 2.75) is 24.8 Å². The summed E-state index contributed by atoms with van der Waals surface area (Å²) in [6.45, 7) is 0. The number of fused-ring (bicyclic) bond motifs is 15. The van der Waals surface area contributed by atoms with Crippen molar-refractivity contribution in [2.24, 2.45) is 0 Å². The van der Waals surface area contributed by atoms with Gasteiger partial charge in [-0.25, -0.2) is 4.98 Å². The van der Waals surface area contributed by atoms with Gasteiger partial charge in [-0.15, -0.1) is 11.3 Å². The van der Waals surface area contributed by atoms with Crippen molar-refractivity contribution in [2.75, 3.05) is 4.90 Å². The van der Waals surface area contributed by atoms with E-state index in [0.717, 1.165) is 45.9 Å². The first-order chi connectivity index (χ1) is 28.8. The Kier molecular flexibility index (Phi) is 6.06. The summed E-state index contributed by atoms with van der Waals surface area (Å²) in [6.07, 6.45) is 6.89. The van der Waals surface area contributed by atoms with Crippen molar-refractivity contribution in [3.8, 4) is 11.8 Å². The number of aromatic nitrogens is 4. The molecule has 0 radical (unpaired) electrons. The van der Waals surface area contributed by atoms with E-state index < -0.39 is 0 Å². The molecule has 2 atom stereocenters. The molecule has 272 valence electrons. The van der Waals surface area contributed by atoms with E-state index in [1.54, 1.807) is 11.3 Å². The molecule has 0 saturated carbocycles. The maximum Gasteiger partial charge on any atom is 0.237 e. The standard InChI is InChI=1S/C52H33N5S/c1-2-14-30(15-3-1)31-26-27-44-37(28-31)39-29-38-34-18-6-9-21-40(34)55-43-24-12-7-19-35(43)46(48(38)55)49(39)57(44)52-53-50(47-36-20-8-13-25-45(36)58-51(47)54-52)56-41-22-10-4-16-32(41)33-17-5-11-23-42(33)56/h1-25,28-29,38,48H,26-27H2. The van der Waals surface area contributed by atoms with E-state index in [-0.39, 0.29) is 12.0 Å². The van der Waals surface area contributed by atoms with Crippen LogP contribution in [0.4, 0.5) is 11.4 Å². The molecule has 5 nitrogen and oxygen atoms in total. The molecule has 0 bridgehead atoms. The number of hydrogen-bond donors (Lipinski definition) is 0. The lowest BCUT2D eigenvalue weighted by Crippen LogP contribution is -2.42. The largest absolute Gasteiger partial charge is 0.332 e. The second-order valence-electron chi connectivity index (χ2n) is 16.0. The third-order valence-corrected chi connectivity index (χ3v) is 14.2. The highest BCUT2D eigenvalue weighted by atomic mass is 32.1. The van der Waals surface area contributed by atoms with Gasteiger partial charge in [-0.3, -0.25) is 9.13 Å². The molecule has 14 rings (SSSR count). The minimum Gasteiger partial charge on any atom is -0.332 e. The Balaban J connectivity index is 1.16. The van der Waals surface area contributed by atoms with Gasteiger partial charge in [0.25, 0.3) is 0 Å². The molecule has 58 heavy (non-hydrogen) atoms. The molecule has 0 spiro atoms.